The number of nitrogens with one attached hydrogen (secondary N) is 1. The molecule has 1 N–H and O–H groups in total. The monoisotopic (exact) mass is 263 g/mol. The van der Waals surface area contributed by atoms with Crippen molar-refractivity contribution in [2.75, 3.05) is 6.54 Å². The van der Waals surface area contributed by atoms with Crippen LogP contribution in [0.1, 0.15) is 77.1 Å². The number of hydrogen-bond donors (Lipinski definition) is 1. The Kier molecular flexibility index (Phi) is 4.34. The molecular weight excluding hydrogens is 234 g/mol. The minimum Gasteiger partial charge on any atom is -0.328 e. The fourth-order valence-corrected chi connectivity index (χ4v) is 2.97. The molecule has 0 spiro atoms. The van der Waals surface area contributed by atoms with Crippen LogP contribution in [0.3, 0.4) is 0 Å². The van der Waals surface area contributed by atoms with E-state index in [0.29, 0.717) is 6.04 Å². The standard InChI is InChI=1S/C16H29N3/c1-6-7-8-12(2)19-14-9-10-17-11-13(14)18-15(19)16(3,4)5/h12,17H,6-11H2,1-5H3. The highest BCUT2D eigenvalue weighted by Crippen LogP contribution is 2.31. The smallest absolute Gasteiger partial charge is 0.114 e. The lowest BCUT2D eigenvalue weighted by molar-refractivity contribution is 0.412. The first-order chi connectivity index (χ1) is 8.95. The Labute approximate surface area is 117 Å². The summed E-state index contributed by atoms with van der Waals surface area (Å²) in [5.74, 6) is 1.27. The molecule has 0 radical (unpaired) electrons. The Hall–Kier alpha value is -0.830. The molecule has 1 unspecified atom stereocenters. The van der Waals surface area contributed by atoms with Crippen molar-refractivity contribution in [1.82, 2.24) is 14.9 Å². The first kappa shape index (κ1) is 14.6. The van der Waals surface area contributed by atoms with Crippen molar-refractivity contribution in [3.8, 4) is 0 Å². The van der Waals surface area contributed by atoms with Gasteiger partial charge < -0.3 is 9.88 Å². The van der Waals surface area contributed by atoms with E-state index in [9.17, 15) is 0 Å². The molecule has 108 valence electrons. The van der Waals surface area contributed by atoms with Gasteiger partial charge in [0.1, 0.15) is 5.82 Å². The lowest BCUT2D eigenvalue weighted by Gasteiger charge is -2.26. The fourth-order valence-electron chi connectivity index (χ4n) is 2.97. The van der Waals surface area contributed by atoms with Crippen molar-refractivity contribution in [2.24, 2.45) is 0 Å². The van der Waals surface area contributed by atoms with E-state index in [2.05, 4.69) is 44.5 Å². The maximum Gasteiger partial charge on any atom is 0.114 e. The van der Waals surface area contributed by atoms with E-state index in [4.69, 9.17) is 4.98 Å². The average Bonchev–Trinajstić information content (AvgIpc) is 2.75. The summed E-state index contributed by atoms with van der Waals surface area (Å²) in [4.78, 5) is 4.95. The van der Waals surface area contributed by atoms with Gasteiger partial charge in [-0.2, -0.15) is 0 Å². The van der Waals surface area contributed by atoms with Crippen molar-refractivity contribution in [3.05, 3.63) is 17.2 Å². The number of unbranched alkanes of at least 4 members (excludes halogenated alkanes) is 1. The molecule has 3 nitrogen and oxygen atoms in total. The van der Waals surface area contributed by atoms with E-state index in [1.54, 1.807) is 0 Å². The maximum absolute atomic E-state index is 4.95. The summed E-state index contributed by atoms with van der Waals surface area (Å²) in [6.45, 7) is 13.5. The molecular formula is C16H29N3. The van der Waals surface area contributed by atoms with Gasteiger partial charge in [-0.25, -0.2) is 4.98 Å². The maximum atomic E-state index is 4.95. The highest BCUT2D eigenvalue weighted by molar-refractivity contribution is 5.24. The normalized spacial score (nSPS) is 17.3. The second-order valence-corrected chi connectivity index (χ2v) is 6.87. The predicted octanol–water partition coefficient (Wildman–Crippen LogP) is 3.58. The summed E-state index contributed by atoms with van der Waals surface area (Å²) < 4.78 is 2.55. The quantitative estimate of drug-likeness (QED) is 0.900. The number of rotatable bonds is 4. The van der Waals surface area contributed by atoms with E-state index >= 15 is 0 Å². The molecule has 2 rings (SSSR count). The molecule has 1 aromatic rings. The van der Waals surface area contributed by atoms with Gasteiger partial charge in [-0.05, 0) is 13.3 Å². The molecule has 0 saturated carbocycles. The number of imidazole rings is 1. The third-order valence-electron chi connectivity index (χ3n) is 4.01. The highest BCUT2D eigenvalue weighted by atomic mass is 15.1. The molecule has 3 heteroatoms. The molecule has 0 fully saturated rings. The summed E-state index contributed by atoms with van der Waals surface area (Å²) in [5.41, 5.74) is 2.88. The summed E-state index contributed by atoms with van der Waals surface area (Å²) in [7, 11) is 0. The van der Waals surface area contributed by atoms with Crippen molar-refractivity contribution < 1.29 is 0 Å². The summed E-state index contributed by atoms with van der Waals surface area (Å²) in [6, 6.07) is 0.573. The van der Waals surface area contributed by atoms with Crippen molar-refractivity contribution in [1.29, 1.82) is 0 Å². The molecule has 0 aliphatic carbocycles. The lowest BCUT2D eigenvalue weighted by Crippen LogP contribution is -2.26. The van der Waals surface area contributed by atoms with Gasteiger partial charge >= 0.3 is 0 Å². The number of nitrogens with zero attached hydrogens (tertiary/aromatic N) is 2. The molecule has 0 saturated heterocycles. The average molecular weight is 263 g/mol. The van der Waals surface area contributed by atoms with Crippen LogP contribution in [0, 0.1) is 0 Å². The van der Waals surface area contributed by atoms with Crippen LogP contribution in [0.5, 0.6) is 0 Å². The zero-order valence-corrected chi connectivity index (χ0v) is 13.2. The molecule has 0 aromatic carbocycles. The SMILES string of the molecule is CCCCC(C)n1c(C(C)(C)C)nc2c1CCNC2. The zero-order chi connectivity index (χ0) is 14.0. The fraction of sp³-hybridized carbons (Fsp3) is 0.812. The second kappa shape index (κ2) is 5.66. The van der Waals surface area contributed by atoms with Crippen LogP contribution >= 0.6 is 0 Å². The van der Waals surface area contributed by atoms with E-state index in [1.165, 1.54) is 36.5 Å². The van der Waals surface area contributed by atoms with E-state index in [-0.39, 0.29) is 5.41 Å². The van der Waals surface area contributed by atoms with Gasteiger partial charge in [0.05, 0.1) is 5.69 Å². The topological polar surface area (TPSA) is 29.9 Å². The van der Waals surface area contributed by atoms with Gasteiger partial charge in [0, 0.05) is 36.7 Å². The minimum absolute atomic E-state index is 0.123. The van der Waals surface area contributed by atoms with Gasteiger partial charge in [0.25, 0.3) is 0 Å². The summed E-state index contributed by atoms with van der Waals surface area (Å²) >= 11 is 0. The van der Waals surface area contributed by atoms with Crippen LogP contribution in [-0.4, -0.2) is 16.1 Å². The third kappa shape index (κ3) is 3.02. The van der Waals surface area contributed by atoms with E-state index in [0.717, 1.165) is 19.5 Å². The number of aromatic nitrogens is 2. The molecule has 1 aromatic heterocycles. The minimum atomic E-state index is 0.123. The molecule has 1 atom stereocenters. The first-order valence-corrected chi connectivity index (χ1v) is 7.76. The van der Waals surface area contributed by atoms with Gasteiger partial charge in [0.2, 0.25) is 0 Å². The van der Waals surface area contributed by atoms with Crippen LogP contribution in [0.2, 0.25) is 0 Å². The number of hydrogen-bond acceptors (Lipinski definition) is 2. The van der Waals surface area contributed by atoms with Crippen LogP contribution in [0.15, 0.2) is 0 Å². The third-order valence-corrected chi connectivity index (χ3v) is 4.01. The lowest BCUT2D eigenvalue weighted by atomic mass is 9.95. The molecule has 0 bridgehead atoms. The molecule has 0 amide bonds. The Morgan fingerprint density at radius 2 is 2.11 bits per heavy atom. The highest BCUT2D eigenvalue weighted by Gasteiger charge is 2.28. The molecule has 19 heavy (non-hydrogen) atoms. The Balaban J connectivity index is 2.40. The Morgan fingerprint density at radius 3 is 2.74 bits per heavy atom. The zero-order valence-electron chi connectivity index (χ0n) is 13.2. The second-order valence-electron chi connectivity index (χ2n) is 6.87. The molecule has 1 aliphatic heterocycles. The molecule has 2 heterocycles. The van der Waals surface area contributed by atoms with Crippen molar-refractivity contribution in [2.45, 2.75) is 78.3 Å². The van der Waals surface area contributed by atoms with E-state index in [1.807, 2.05) is 0 Å². The van der Waals surface area contributed by atoms with Gasteiger partial charge in [-0.1, -0.05) is 40.5 Å². The van der Waals surface area contributed by atoms with Crippen LogP contribution < -0.4 is 5.32 Å². The van der Waals surface area contributed by atoms with Crippen molar-refractivity contribution in [3.63, 3.8) is 0 Å². The molecule has 1 aliphatic rings. The largest absolute Gasteiger partial charge is 0.328 e. The summed E-state index contributed by atoms with van der Waals surface area (Å²) in [5, 5.41) is 3.44. The van der Waals surface area contributed by atoms with Gasteiger partial charge in [0.15, 0.2) is 0 Å². The van der Waals surface area contributed by atoms with Gasteiger partial charge in [-0.15, -0.1) is 0 Å². The van der Waals surface area contributed by atoms with Crippen LogP contribution in [0.4, 0.5) is 0 Å². The number of fused-ring (bicyclic) bond motifs is 1. The van der Waals surface area contributed by atoms with Crippen molar-refractivity contribution >= 4 is 0 Å². The first-order valence-electron chi connectivity index (χ1n) is 7.76. The summed E-state index contributed by atoms with van der Waals surface area (Å²) in [6.07, 6.45) is 4.95. The predicted molar refractivity (Wildman–Crippen MR) is 80.6 cm³/mol. The van der Waals surface area contributed by atoms with E-state index < -0.39 is 0 Å². The Morgan fingerprint density at radius 1 is 1.37 bits per heavy atom. The van der Waals surface area contributed by atoms with Gasteiger partial charge in [-0.3, -0.25) is 0 Å². The van der Waals surface area contributed by atoms with Crippen LogP contribution in [-0.2, 0) is 18.4 Å². The van der Waals surface area contributed by atoms with Crippen LogP contribution in [0.25, 0.3) is 0 Å². The Bertz CT molecular complexity index is 426.